The molecule has 1 saturated carbocycles. The molecule has 1 aromatic heterocycles. The Morgan fingerprint density at radius 2 is 1.92 bits per heavy atom. The van der Waals surface area contributed by atoms with Gasteiger partial charge in [-0.3, -0.25) is 0 Å². The standard InChI is InChI=1S/C20H27N5O/c1-15-21-18-14-24(12-13-25(18)23-15)20(26)22-19(16-8-4-2-5-9-16)17-10-6-3-7-11-17/h2,4-5,8-9,17,19H,3,6-7,10-14H2,1H3,(H,22,26). The molecule has 1 aliphatic heterocycles. The molecule has 2 aliphatic rings. The number of benzene rings is 1. The van der Waals surface area contributed by atoms with Crippen LogP contribution in [0.25, 0.3) is 0 Å². The second-order valence-electron chi connectivity index (χ2n) is 7.46. The first-order valence-corrected chi connectivity index (χ1v) is 9.71. The summed E-state index contributed by atoms with van der Waals surface area (Å²) < 4.78 is 1.91. The average molecular weight is 353 g/mol. The second kappa shape index (κ2) is 7.48. The van der Waals surface area contributed by atoms with Crippen molar-refractivity contribution in [2.45, 2.75) is 58.2 Å². The van der Waals surface area contributed by atoms with Gasteiger partial charge in [-0.2, -0.15) is 5.10 Å². The number of hydrogen-bond donors (Lipinski definition) is 1. The maximum atomic E-state index is 13.0. The van der Waals surface area contributed by atoms with Crippen molar-refractivity contribution in [1.29, 1.82) is 0 Å². The Morgan fingerprint density at radius 1 is 1.15 bits per heavy atom. The lowest BCUT2D eigenvalue weighted by atomic mass is 9.81. The first-order valence-electron chi connectivity index (χ1n) is 9.71. The number of aryl methyl sites for hydroxylation is 1. The summed E-state index contributed by atoms with van der Waals surface area (Å²) in [5, 5.41) is 7.71. The van der Waals surface area contributed by atoms with Gasteiger partial charge in [0.25, 0.3) is 0 Å². The first kappa shape index (κ1) is 17.1. The average Bonchev–Trinajstić information content (AvgIpc) is 3.06. The summed E-state index contributed by atoms with van der Waals surface area (Å²) in [7, 11) is 0. The molecule has 2 heterocycles. The number of rotatable bonds is 3. The molecule has 2 aromatic rings. The molecule has 6 heteroatoms. The van der Waals surface area contributed by atoms with Crippen LogP contribution in [0, 0.1) is 12.8 Å². The number of amides is 2. The minimum atomic E-state index is 0.0105. The van der Waals surface area contributed by atoms with Crippen molar-refractivity contribution in [1.82, 2.24) is 25.0 Å². The van der Waals surface area contributed by atoms with E-state index in [1.165, 1.54) is 37.7 Å². The van der Waals surface area contributed by atoms with Crippen LogP contribution in [0.1, 0.15) is 55.4 Å². The number of carbonyl (C=O) groups is 1. The highest BCUT2D eigenvalue weighted by Crippen LogP contribution is 2.34. The van der Waals surface area contributed by atoms with Crippen LogP contribution < -0.4 is 5.32 Å². The third-order valence-corrected chi connectivity index (χ3v) is 5.61. The quantitative estimate of drug-likeness (QED) is 0.919. The van der Waals surface area contributed by atoms with Crippen LogP contribution in [0.4, 0.5) is 4.79 Å². The van der Waals surface area contributed by atoms with E-state index >= 15 is 0 Å². The fraction of sp³-hybridized carbons (Fsp3) is 0.550. The third-order valence-electron chi connectivity index (χ3n) is 5.61. The van der Waals surface area contributed by atoms with Gasteiger partial charge in [0.05, 0.1) is 19.1 Å². The van der Waals surface area contributed by atoms with E-state index in [0.29, 0.717) is 25.6 Å². The zero-order valence-electron chi connectivity index (χ0n) is 15.4. The highest BCUT2D eigenvalue weighted by Gasteiger charge is 2.29. The number of carbonyl (C=O) groups excluding carboxylic acids is 1. The summed E-state index contributed by atoms with van der Waals surface area (Å²) in [6.45, 7) is 3.81. The summed E-state index contributed by atoms with van der Waals surface area (Å²) >= 11 is 0. The van der Waals surface area contributed by atoms with Gasteiger partial charge in [-0.05, 0) is 31.2 Å². The molecule has 0 radical (unpaired) electrons. The molecule has 1 unspecified atom stereocenters. The molecule has 2 amide bonds. The molecule has 1 aromatic carbocycles. The zero-order valence-corrected chi connectivity index (χ0v) is 15.4. The number of urea groups is 1. The summed E-state index contributed by atoms with van der Waals surface area (Å²) in [5.41, 5.74) is 1.21. The molecule has 0 saturated heterocycles. The van der Waals surface area contributed by atoms with Gasteiger partial charge in [0.1, 0.15) is 11.6 Å². The minimum absolute atomic E-state index is 0.0105. The summed E-state index contributed by atoms with van der Waals surface area (Å²) in [5.74, 6) is 2.16. The Balaban J connectivity index is 1.49. The van der Waals surface area contributed by atoms with Gasteiger partial charge in [0.2, 0.25) is 0 Å². The smallest absolute Gasteiger partial charge is 0.318 e. The van der Waals surface area contributed by atoms with Crippen LogP contribution in [0.3, 0.4) is 0 Å². The molecule has 1 fully saturated rings. The number of hydrogen-bond acceptors (Lipinski definition) is 3. The van der Waals surface area contributed by atoms with E-state index in [1.807, 2.05) is 22.6 Å². The lowest BCUT2D eigenvalue weighted by molar-refractivity contribution is 0.167. The van der Waals surface area contributed by atoms with E-state index in [9.17, 15) is 4.79 Å². The van der Waals surface area contributed by atoms with Crippen LogP contribution in [-0.2, 0) is 13.1 Å². The molecule has 0 spiro atoms. The van der Waals surface area contributed by atoms with Crippen LogP contribution in [0.2, 0.25) is 0 Å². The summed E-state index contributed by atoms with van der Waals surface area (Å²) in [6.07, 6.45) is 6.21. The SMILES string of the molecule is Cc1nc2n(n1)CCN(C(=O)NC(c1ccccc1)C1CCCCC1)C2. The zero-order chi connectivity index (χ0) is 17.9. The van der Waals surface area contributed by atoms with Crippen molar-refractivity contribution in [3.8, 4) is 0 Å². The van der Waals surface area contributed by atoms with Crippen molar-refractivity contribution in [3.05, 3.63) is 47.5 Å². The fourth-order valence-electron chi connectivity index (χ4n) is 4.26. The van der Waals surface area contributed by atoms with Gasteiger partial charge >= 0.3 is 6.03 Å². The van der Waals surface area contributed by atoms with Crippen LogP contribution in [0.5, 0.6) is 0 Å². The van der Waals surface area contributed by atoms with Gasteiger partial charge in [0, 0.05) is 6.54 Å². The number of nitrogens with one attached hydrogen (secondary N) is 1. The highest BCUT2D eigenvalue weighted by molar-refractivity contribution is 5.74. The van der Waals surface area contributed by atoms with Crippen LogP contribution >= 0.6 is 0 Å². The van der Waals surface area contributed by atoms with E-state index in [-0.39, 0.29) is 12.1 Å². The Morgan fingerprint density at radius 3 is 2.69 bits per heavy atom. The molecule has 4 rings (SSSR count). The summed E-state index contributed by atoms with van der Waals surface area (Å²) in [6, 6.07) is 10.5. The Hall–Kier alpha value is -2.37. The van der Waals surface area contributed by atoms with E-state index in [4.69, 9.17) is 0 Å². The second-order valence-corrected chi connectivity index (χ2v) is 7.46. The van der Waals surface area contributed by atoms with Crippen molar-refractivity contribution >= 4 is 6.03 Å². The topological polar surface area (TPSA) is 63.1 Å². The third kappa shape index (κ3) is 3.59. The Bertz CT molecular complexity index is 751. The van der Waals surface area contributed by atoms with Crippen molar-refractivity contribution in [2.24, 2.45) is 5.92 Å². The first-order chi connectivity index (χ1) is 12.7. The fourth-order valence-corrected chi connectivity index (χ4v) is 4.26. The van der Waals surface area contributed by atoms with Crippen molar-refractivity contribution in [2.75, 3.05) is 6.54 Å². The molecule has 1 atom stereocenters. The highest BCUT2D eigenvalue weighted by atomic mass is 16.2. The minimum Gasteiger partial charge on any atom is -0.331 e. The van der Waals surface area contributed by atoms with Gasteiger partial charge in [-0.1, -0.05) is 49.6 Å². The van der Waals surface area contributed by atoms with E-state index < -0.39 is 0 Å². The maximum Gasteiger partial charge on any atom is 0.318 e. The van der Waals surface area contributed by atoms with Crippen LogP contribution in [0.15, 0.2) is 30.3 Å². The molecule has 6 nitrogen and oxygen atoms in total. The molecule has 1 aliphatic carbocycles. The Labute approximate surface area is 154 Å². The van der Waals surface area contributed by atoms with Crippen molar-refractivity contribution in [3.63, 3.8) is 0 Å². The maximum absolute atomic E-state index is 13.0. The molecule has 0 bridgehead atoms. The lowest BCUT2D eigenvalue weighted by Crippen LogP contribution is -2.47. The van der Waals surface area contributed by atoms with Gasteiger partial charge in [0.15, 0.2) is 0 Å². The van der Waals surface area contributed by atoms with Gasteiger partial charge in [-0.15, -0.1) is 0 Å². The van der Waals surface area contributed by atoms with Crippen LogP contribution in [-0.4, -0.2) is 32.2 Å². The lowest BCUT2D eigenvalue weighted by Gasteiger charge is -2.34. The largest absolute Gasteiger partial charge is 0.331 e. The number of aromatic nitrogens is 3. The molecular formula is C20H27N5O. The molecular weight excluding hydrogens is 326 g/mol. The van der Waals surface area contributed by atoms with Crippen molar-refractivity contribution < 1.29 is 4.79 Å². The van der Waals surface area contributed by atoms with Gasteiger partial charge < -0.3 is 10.2 Å². The molecule has 26 heavy (non-hydrogen) atoms. The summed E-state index contributed by atoms with van der Waals surface area (Å²) in [4.78, 5) is 19.3. The van der Waals surface area contributed by atoms with Gasteiger partial charge in [-0.25, -0.2) is 14.5 Å². The number of fused-ring (bicyclic) bond motifs is 1. The van der Waals surface area contributed by atoms with E-state index in [0.717, 1.165) is 11.6 Å². The normalized spacial score (nSPS) is 19.0. The monoisotopic (exact) mass is 353 g/mol. The molecule has 1 N–H and O–H groups in total. The van der Waals surface area contributed by atoms with E-state index in [1.54, 1.807) is 0 Å². The molecule has 138 valence electrons. The van der Waals surface area contributed by atoms with E-state index in [2.05, 4.69) is 39.7 Å². The number of nitrogens with zero attached hydrogens (tertiary/aromatic N) is 4. The predicted octanol–water partition coefficient (Wildman–Crippen LogP) is 3.43. The Kier molecular flexibility index (Phi) is 4.91. The predicted molar refractivity (Wildman–Crippen MR) is 99.5 cm³/mol.